The first-order valence-electron chi connectivity index (χ1n) is 2.66. The van der Waals surface area contributed by atoms with Crippen LogP contribution in [-0.2, 0) is 0 Å². The van der Waals surface area contributed by atoms with Crippen LogP contribution in [0.25, 0.3) is 0 Å². The highest BCUT2D eigenvalue weighted by molar-refractivity contribution is 6.32. The zero-order chi connectivity index (χ0) is 6.78. The first-order valence-corrected chi connectivity index (χ1v) is 3.48. The summed E-state index contributed by atoms with van der Waals surface area (Å²) in [4.78, 5) is -0.504. The zero-order valence-electron chi connectivity index (χ0n) is 5.25. The lowest BCUT2D eigenvalue weighted by atomic mass is 10.1. The molecule has 2 unspecified atom stereocenters. The molecule has 0 aliphatic heterocycles. The van der Waals surface area contributed by atoms with Gasteiger partial charge in [-0.1, -0.05) is 6.92 Å². The van der Waals surface area contributed by atoms with Gasteiger partial charge >= 0.3 is 0 Å². The Morgan fingerprint density at radius 2 is 2.12 bits per heavy atom. The quantitative estimate of drug-likeness (QED) is 0.536. The van der Waals surface area contributed by atoms with Gasteiger partial charge in [0.25, 0.3) is 0 Å². The minimum atomic E-state index is -0.504. The summed E-state index contributed by atoms with van der Waals surface area (Å²) in [5.41, 5.74) is 0. The van der Waals surface area contributed by atoms with Crippen LogP contribution >= 0.6 is 23.2 Å². The van der Waals surface area contributed by atoms with Gasteiger partial charge in [-0.3, -0.25) is 0 Å². The molecule has 8 heavy (non-hydrogen) atoms. The average Bonchev–Trinajstić information content (AvgIpc) is 1.62. The van der Waals surface area contributed by atoms with E-state index in [1.807, 2.05) is 13.8 Å². The fraction of sp³-hybridized carbons (Fsp3) is 0.833. The van der Waals surface area contributed by atoms with Crippen molar-refractivity contribution in [3.8, 4) is 0 Å². The van der Waals surface area contributed by atoms with Crippen molar-refractivity contribution >= 4 is 23.2 Å². The number of alkyl halides is 2. The maximum Gasteiger partial charge on any atom is 0.0582 e. The molecule has 0 aromatic carbocycles. The van der Waals surface area contributed by atoms with Crippen molar-refractivity contribution in [2.24, 2.45) is 0 Å². The normalized spacial score (nSPS) is 16.1. The second-order valence-corrected chi connectivity index (χ2v) is 3.54. The third kappa shape index (κ3) is 2.78. The molecule has 0 amide bonds. The van der Waals surface area contributed by atoms with Crippen LogP contribution in [-0.4, -0.2) is 10.3 Å². The number of hydrogen-bond donors (Lipinski definition) is 0. The van der Waals surface area contributed by atoms with Crippen LogP contribution in [0, 0.1) is 6.92 Å². The Bertz CT molecular complexity index is 63.4. The molecule has 0 saturated heterocycles. The van der Waals surface area contributed by atoms with Gasteiger partial charge in [-0.05, 0) is 20.3 Å². The molecule has 0 bridgehead atoms. The summed E-state index contributed by atoms with van der Waals surface area (Å²) in [6.07, 6.45) is 0.866. The Labute approximate surface area is 61.2 Å². The van der Waals surface area contributed by atoms with Gasteiger partial charge in [0.15, 0.2) is 0 Å². The molecular formula is C6H11Cl2. The van der Waals surface area contributed by atoms with E-state index in [0.717, 1.165) is 6.42 Å². The number of halogens is 2. The maximum atomic E-state index is 5.75. The predicted octanol–water partition coefficient (Wildman–Crippen LogP) is 2.84. The van der Waals surface area contributed by atoms with Gasteiger partial charge in [-0.25, -0.2) is 0 Å². The topological polar surface area (TPSA) is 0 Å². The second kappa shape index (κ2) is 2.93. The van der Waals surface area contributed by atoms with Crippen molar-refractivity contribution in [1.29, 1.82) is 0 Å². The number of rotatable bonds is 2. The van der Waals surface area contributed by atoms with Gasteiger partial charge in [0.1, 0.15) is 0 Å². The van der Waals surface area contributed by atoms with Gasteiger partial charge in [0.2, 0.25) is 0 Å². The lowest BCUT2D eigenvalue weighted by molar-refractivity contribution is 0.677. The Balaban J connectivity index is 3.62. The molecule has 0 nitrogen and oxygen atoms in total. The van der Waals surface area contributed by atoms with E-state index < -0.39 is 4.87 Å². The van der Waals surface area contributed by atoms with E-state index in [2.05, 4.69) is 6.92 Å². The Morgan fingerprint density at radius 1 is 1.75 bits per heavy atom. The lowest BCUT2D eigenvalue weighted by Crippen LogP contribution is -2.24. The molecule has 0 N–H and O–H groups in total. The fourth-order valence-corrected chi connectivity index (χ4v) is 0.580. The van der Waals surface area contributed by atoms with Crippen LogP contribution in [0.3, 0.4) is 0 Å². The van der Waals surface area contributed by atoms with E-state index in [-0.39, 0.29) is 5.38 Å². The van der Waals surface area contributed by atoms with Crippen LogP contribution in [0.15, 0.2) is 0 Å². The van der Waals surface area contributed by atoms with E-state index >= 15 is 0 Å². The summed E-state index contributed by atoms with van der Waals surface area (Å²) >= 11 is 11.5. The van der Waals surface area contributed by atoms with Crippen molar-refractivity contribution in [3.63, 3.8) is 0 Å². The highest BCUT2D eigenvalue weighted by Crippen LogP contribution is 2.24. The van der Waals surface area contributed by atoms with Crippen LogP contribution in [0.4, 0.5) is 0 Å². The summed E-state index contributed by atoms with van der Waals surface area (Å²) in [5.74, 6) is 0. The van der Waals surface area contributed by atoms with Gasteiger partial charge in [-0.2, -0.15) is 0 Å². The van der Waals surface area contributed by atoms with Crippen molar-refractivity contribution in [2.75, 3.05) is 0 Å². The Morgan fingerprint density at radius 3 is 2.12 bits per heavy atom. The molecule has 0 spiro atoms. The third-order valence-corrected chi connectivity index (χ3v) is 2.18. The maximum absolute atomic E-state index is 5.75. The summed E-state index contributed by atoms with van der Waals surface area (Å²) in [5, 5.41) is -0.0239. The molecule has 0 heterocycles. The fourth-order valence-electron chi connectivity index (χ4n) is 0.426. The largest absolute Gasteiger partial charge is 0.121 e. The Hall–Kier alpha value is 0.580. The molecule has 49 valence electrons. The standard InChI is InChI=1S/C6H11Cl2/c1-4-5(7)6(2,3)8/h5H,2,4H2,1,3H3. The van der Waals surface area contributed by atoms with Crippen molar-refractivity contribution < 1.29 is 0 Å². The van der Waals surface area contributed by atoms with Crippen LogP contribution < -0.4 is 0 Å². The smallest absolute Gasteiger partial charge is 0.0582 e. The summed E-state index contributed by atoms with van der Waals surface area (Å²) in [6.45, 7) is 7.48. The first-order chi connectivity index (χ1) is 3.48. The highest BCUT2D eigenvalue weighted by atomic mass is 35.5. The molecule has 0 saturated carbocycles. The van der Waals surface area contributed by atoms with E-state index in [0.29, 0.717) is 0 Å². The van der Waals surface area contributed by atoms with E-state index in [1.165, 1.54) is 0 Å². The minimum Gasteiger partial charge on any atom is -0.121 e. The summed E-state index contributed by atoms with van der Waals surface area (Å²) < 4.78 is 0. The molecule has 0 aliphatic carbocycles. The van der Waals surface area contributed by atoms with Gasteiger partial charge in [-0.15, -0.1) is 23.2 Å². The summed E-state index contributed by atoms with van der Waals surface area (Å²) in [7, 11) is 0. The highest BCUT2D eigenvalue weighted by Gasteiger charge is 2.22. The van der Waals surface area contributed by atoms with Gasteiger partial charge in [0.05, 0.1) is 10.3 Å². The van der Waals surface area contributed by atoms with Gasteiger partial charge in [0, 0.05) is 0 Å². The van der Waals surface area contributed by atoms with E-state index in [1.54, 1.807) is 0 Å². The van der Waals surface area contributed by atoms with Crippen molar-refractivity contribution in [1.82, 2.24) is 0 Å². The van der Waals surface area contributed by atoms with Gasteiger partial charge < -0.3 is 0 Å². The average molecular weight is 154 g/mol. The van der Waals surface area contributed by atoms with Crippen LogP contribution in [0.1, 0.15) is 20.3 Å². The second-order valence-electron chi connectivity index (χ2n) is 2.15. The van der Waals surface area contributed by atoms with E-state index in [9.17, 15) is 0 Å². The lowest BCUT2D eigenvalue weighted by Gasteiger charge is -2.20. The predicted molar refractivity (Wildman–Crippen MR) is 39.5 cm³/mol. The Kier molecular flexibility index (Phi) is 3.14. The SMILES string of the molecule is [CH2]C(C)(Cl)C(Cl)CC. The van der Waals surface area contributed by atoms with Crippen LogP contribution in [0.2, 0.25) is 0 Å². The minimum absolute atomic E-state index is 0.0239. The summed E-state index contributed by atoms with van der Waals surface area (Å²) in [6, 6.07) is 0. The molecule has 0 aromatic heterocycles. The van der Waals surface area contributed by atoms with E-state index in [4.69, 9.17) is 23.2 Å². The molecule has 0 aromatic rings. The molecule has 0 aliphatic rings. The molecule has 1 radical (unpaired) electrons. The van der Waals surface area contributed by atoms with Crippen LogP contribution in [0.5, 0.6) is 0 Å². The molecule has 0 rings (SSSR count). The van der Waals surface area contributed by atoms with Crippen molar-refractivity contribution in [2.45, 2.75) is 30.5 Å². The zero-order valence-corrected chi connectivity index (χ0v) is 6.76. The molecule has 2 heteroatoms. The van der Waals surface area contributed by atoms with Crippen molar-refractivity contribution in [3.05, 3.63) is 6.92 Å². The first kappa shape index (κ1) is 8.58. The molecule has 2 atom stereocenters. The molecular weight excluding hydrogens is 143 g/mol. The number of hydrogen-bond acceptors (Lipinski definition) is 0. The molecule has 0 fully saturated rings. The monoisotopic (exact) mass is 153 g/mol. The third-order valence-electron chi connectivity index (χ3n) is 1.01.